The van der Waals surface area contributed by atoms with Crippen molar-refractivity contribution in [1.29, 1.82) is 0 Å². The lowest BCUT2D eigenvalue weighted by Gasteiger charge is -2.04. The van der Waals surface area contributed by atoms with Crippen molar-refractivity contribution < 1.29 is 9.59 Å². The van der Waals surface area contributed by atoms with Gasteiger partial charge in [0.05, 0.1) is 16.3 Å². The minimum atomic E-state index is -0.421. The second kappa shape index (κ2) is 6.94. The number of nitrogens with zero attached hydrogens (tertiary/aromatic N) is 1. The number of rotatable bonds is 5. The van der Waals surface area contributed by atoms with Gasteiger partial charge in [-0.05, 0) is 35.7 Å². The molecule has 0 saturated heterocycles. The lowest BCUT2D eigenvalue weighted by atomic mass is 10.2. The van der Waals surface area contributed by atoms with E-state index in [-0.39, 0.29) is 23.5 Å². The Balaban J connectivity index is 1.67. The van der Waals surface area contributed by atoms with Gasteiger partial charge in [0.15, 0.2) is 0 Å². The summed E-state index contributed by atoms with van der Waals surface area (Å²) in [7, 11) is 1.60. The quantitative estimate of drug-likeness (QED) is 0.713. The molecule has 0 unspecified atom stereocenters. The number of hydrogen-bond donors (Lipinski definition) is 1. The molecular formula is C17H14N2O3S2. The summed E-state index contributed by atoms with van der Waals surface area (Å²) in [6.07, 6.45) is 1.60. The highest BCUT2D eigenvalue weighted by Crippen LogP contribution is 2.22. The van der Waals surface area contributed by atoms with Crippen molar-refractivity contribution in [2.75, 3.05) is 0 Å². The number of pyridine rings is 1. The Morgan fingerprint density at radius 2 is 1.96 bits per heavy atom. The molecule has 0 aliphatic carbocycles. The zero-order valence-electron chi connectivity index (χ0n) is 12.8. The van der Waals surface area contributed by atoms with Crippen LogP contribution in [0.15, 0.2) is 52.8 Å². The molecule has 0 saturated carbocycles. The first-order valence-electron chi connectivity index (χ1n) is 7.17. The molecule has 0 fully saturated rings. The zero-order chi connectivity index (χ0) is 17.1. The molecule has 7 heteroatoms. The molecular weight excluding hydrogens is 344 g/mol. The van der Waals surface area contributed by atoms with Gasteiger partial charge in [-0.3, -0.25) is 14.4 Å². The normalized spacial score (nSPS) is 10.5. The third kappa shape index (κ3) is 3.37. The molecule has 3 aromatic heterocycles. The second-order valence-corrected chi connectivity index (χ2v) is 7.21. The van der Waals surface area contributed by atoms with Crippen LogP contribution in [-0.4, -0.2) is 16.3 Å². The zero-order valence-corrected chi connectivity index (χ0v) is 14.4. The second-order valence-electron chi connectivity index (χ2n) is 5.09. The van der Waals surface area contributed by atoms with E-state index in [1.54, 1.807) is 31.4 Å². The van der Waals surface area contributed by atoms with E-state index in [2.05, 4.69) is 5.32 Å². The first-order chi connectivity index (χ1) is 11.6. The van der Waals surface area contributed by atoms with Crippen LogP contribution in [0.4, 0.5) is 0 Å². The van der Waals surface area contributed by atoms with E-state index in [4.69, 9.17) is 0 Å². The Kier molecular flexibility index (Phi) is 4.73. The fourth-order valence-corrected chi connectivity index (χ4v) is 3.80. The third-order valence-corrected chi connectivity index (χ3v) is 5.37. The largest absolute Gasteiger partial charge is 0.347 e. The van der Waals surface area contributed by atoms with Crippen molar-refractivity contribution >= 4 is 34.4 Å². The SMILES string of the molecule is Cn1cccc(C(=O)NCc2ccc(C(=O)c3cccs3)s2)c1=O. The minimum absolute atomic E-state index is 0.00972. The third-order valence-electron chi connectivity index (χ3n) is 3.42. The maximum absolute atomic E-state index is 12.3. The van der Waals surface area contributed by atoms with Gasteiger partial charge in [-0.1, -0.05) is 6.07 Å². The number of hydrogen-bond acceptors (Lipinski definition) is 5. The van der Waals surface area contributed by atoms with E-state index in [0.29, 0.717) is 9.75 Å². The van der Waals surface area contributed by atoms with Crippen LogP contribution in [0.2, 0.25) is 0 Å². The fourth-order valence-electron chi connectivity index (χ4n) is 2.16. The number of carbonyl (C=O) groups is 2. The van der Waals surface area contributed by atoms with Gasteiger partial charge in [0, 0.05) is 18.1 Å². The van der Waals surface area contributed by atoms with Crippen LogP contribution >= 0.6 is 22.7 Å². The summed E-state index contributed by atoms with van der Waals surface area (Å²) in [5, 5.41) is 4.58. The average molecular weight is 358 g/mol. The number of aromatic nitrogens is 1. The number of thiophene rings is 2. The van der Waals surface area contributed by atoms with Crippen molar-refractivity contribution in [3.05, 3.63) is 78.5 Å². The molecule has 1 N–H and O–H groups in total. The van der Waals surface area contributed by atoms with Gasteiger partial charge in [-0.25, -0.2) is 0 Å². The molecule has 0 radical (unpaired) electrons. The highest BCUT2D eigenvalue weighted by molar-refractivity contribution is 7.16. The number of ketones is 1. The van der Waals surface area contributed by atoms with Crippen LogP contribution in [0, 0.1) is 0 Å². The first kappa shape index (κ1) is 16.4. The topological polar surface area (TPSA) is 68.2 Å². The van der Waals surface area contributed by atoms with E-state index >= 15 is 0 Å². The van der Waals surface area contributed by atoms with Crippen LogP contribution < -0.4 is 10.9 Å². The lowest BCUT2D eigenvalue weighted by molar-refractivity contribution is 0.0948. The van der Waals surface area contributed by atoms with Crippen LogP contribution in [0.1, 0.15) is 29.8 Å². The average Bonchev–Trinajstić information content (AvgIpc) is 3.26. The molecule has 0 spiro atoms. The minimum Gasteiger partial charge on any atom is -0.347 e. The van der Waals surface area contributed by atoms with Gasteiger partial charge in [0.25, 0.3) is 11.5 Å². The Morgan fingerprint density at radius 3 is 2.71 bits per heavy atom. The highest BCUT2D eigenvalue weighted by Gasteiger charge is 2.14. The number of carbonyl (C=O) groups excluding carboxylic acids is 2. The summed E-state index contributed by atoms with van der Waals surface area (Å²) in [6.45, 7) is 0.277. The van der Waals surface area contributed by atoms with Crippen molar-refractivity contribution in [3.63, 3.8) is 0 Å². The van der Waals surface area contributed by atoms with Gasteiger partial charge in [0.1, 0.15) is 5.56 Å². The van der Waals surface area contributed by atoms with E-state index in [1.807, 2.05) is 17.5 Å². The van der Waals surface area contributed by atoms with Gasteiger partial charge in [-0.2, -0.15) is 0 Å². The van der Waals surface area contributed by atoms with Gasteiger partial charge in [-0.15, -0.1) is 22.7 Å². The van der Waals surface area contributed by atoms with Gasteiger partial charge >= 0.3 is 0 Å². The van der Waals surface area contributed by atoms with Crippen molar-refractivity contribution in [2.24, 2.45) is 7.05 Å². The maximum Gasteiger partial charge on any atom is 0.263 e. The molecule has 0 aromatic carbocycles. The van der Waals surface area contributed by atoms with E-state index in [1.165, 1.54) is 33.3 Å². The molecule has 24 heavy (non-hydrogen) atoms. The summed E-state index contributed by atoms with van der Waals surface area (Å²) in [4.78, 5) is 38.5. The molecule has 0 aliphatic rings. The number of aryl methyl sites for hydroxylation is 1. The predicted octanol–water partition coefficient (Wildman–Crippen LogP) is 2.67. The summed E-state index contributed by atoms with van der Waals surface area (Å²) in [5.74, 6) is -0.430. The van der Waals surface area contributed by atoms with Crippen LogP contribution in [0.5, 0.6) is 0 Å². The molecule has 3 aromatic rings. The van der Waals surface area contributed by atoms with E-state index < -0.39 is 5.91 Å². The number of nitrogens with one attached hydrogen (secondary N) is 1. The Hall–Kier alpha value is -2.51. The fraction of sp³-hybridized carbons (Fsp3) is 0.118. The Bertz CT molecular complexity index is 939. The van der Waals surface area contributed by atoms with Crippen LogP contribution in [0.3, 0.4) is 0 Å². The van der Waals surface area contributed by atoms with E-state index in [9.17, 15) is 14.4 Å². The molecule has 3 heterocycles. The molecule has 5 nitrogen and oxygen atoms in total. The first-order valence-corrected chi connectivity index (χ1v) is 8.86. The number of amides is 1. The molecule has 122 valence electrons. The maximum atomic E-state index is 12.3. The van der Waals surface area contributed by atoms with Crippen molar-refractivity contribution in [1.82, 2.24) is 9.88 Å². The Labute approximate surface area is 146 Å². The van der Waals surface area contributed by atoms with E-state index in [0.717, 1.165) is 4.88 Å². The van der Waals surface area contributed by atoms with Crippen LogP contribution in [0.25, 0.3) is 0 Å². The summed E-state index contributed by atoms with van der Waals surface area (Å²) in [5.41, 5.74) is -0.235. The van der Waals surface area contributed by atoms with Gasteiger partial charge in [0.2, 0.25) is 5.78 Å². The highest BCUT2D eigenvalue weighted by atomic mass is 32.1. The molecule has 0 atom stereocenters. The summed E-state index contributed by atoms with van der Waals surface area (Å²) in [6, 6.07) is 10.4. The molecule has 3 rings (SSSR count). The predicted molar refractivity (Wildman–Crippen MR) is 94.9 cm³/mol. The van der Waals surface area contributed by atoms with Crippen molar-refractivity contribution in [2.45, 2.75) is 6.54 Å². The lowest BCUT2D eigenvalue weighted by Crippen LogP contribution is -2.31. The Morgan fingerprint density at radius 1 is 1.12 bits per heavy atom. The standard InChI is InChI=1S/C17H14N2O3S2/c1-19-8-2-4-12(17(19)22)16(21)18-10-11-6-7-14(24-11)15(20)13-5-3-9-23-13/h2-9H,10H2,1H3,(H,18,21). The van der Waals surface area contributed by atoms with Crippen LogP contribution in [-0.2, 0) is 13.6 Å². The smallest absolute Gasteiger partial charge is 0.263 e. The van der Waals surface area contributed by atoms with Crippen molar-refractivity contribution in [3.8, 4) is 0 Å². The molecule has 0 bridgehead atoms. The summed E-state index contributed by atoms with van der Waals surface area (Å²) < 4.78 is 1.36. The monoisotopic (exact) mass is 358 g/mol. The van der Waals surface area contributed by atoms with Gasteiger partial charge < -0.3 is 9.88 Å². The molecule has 0 aliphatic heterocycles. The summed E-state index contributed by atoms with van der Waals surface area (Å²) >= 11 is 2.75. The molecule has 1 amide bonds.